The van der Waals surface area contributed by atoms with Crippen molar-refractivity contribution in [3.8, 4) is 11.3 Å². The second-order valence-corrected chi connectivity index (χ2v) is 8.35. The number of carbonyl (C=O) groups is 2. The van der Waals surface area contributed by atoms with Crippen LogP contribution in [0.2, 0.25) is 0 Å². The summed E-state index contributed by atoms with van der Waals surface area (Å²) in [6, 6.07) is 15.4. The topological polar surface area (TPSA) is 88.3 Å². The van der Waals surface area contributed by atoms with Crippen molar-refractivity contribution >= 4 is 28.6 Å². The molecule has 0 aliphatic carbocycles. The van der Waals surface area contributed by atoms with E-state index in [1.54, 1.807) is 20.0 Å². The average molecular weight is 443 g/mol. The van der Waals surface area contributed by atoms with Crippen LogP contribution in [0.3, 0.4) is 0 Å². The molecular formula is C26H26N4O3. The fourth-order valence-electron chi connectivity index (χ4n) is 3.82. The maximum atomic E-state index is 13.4. The number of hydrogen-bond acceptors (Lipinski definition) is 5. The highest BCUT2D eigenvalue weighted by molar-refractivity contribution is 6.08. The van der Waals surface area contributed by atoms with Crippen molar-refractivity contribution in [3.05, 3.63) is 76.5 Å². The molecule has 0 spiro atoms. The number of amides is 2. The summed E-state index contributed by atoms with van der Waals surface area (Å²) < 4.78 is 5.38. The summed E-state index contributed by atoms with van der Waals surface area (Å²) in [7, 11) is 1.60. The molecule has 33 heavy (non-hydrogen) atoms. The Morgan fingerprint density at radius 3 is 2.33 bits per heavy atom. The zero-order chi connectivity index (χ0) is 23.7. The zero-order valence-corrected chi connectivity index (χ0v) is 19.4. The van der Waals surface area contributed by atoms with Crippen molar-refractivity contribution < 1.29 is 14.1 Å². The zero-order valence-electron chi connectivity index (χ0n) is 19.4. The van der Waals surface area contributed by atoms with Crippen LogP contribution in [-0.2, 0) is 4.79 Å². The lowest BCUT2D eigenvalue weighted by atomic mass is 10.0. The van der Waals surface area contributed by atoms with E-state index in [0.29, 0.717) is 28.1 Å². The van der Waals surface area contributed by atoms with Crippen molar-refractivity contribution in [2.75, 3.05) is 18.9 Å². The number of nitrogens with one attached hydrogen (secondary N) is 1. The van der Waals surface area contributed by atoms with Gasteiger partial charge in [-0.3, -0.25) is 9.59 Å². The van der Waals surface area contributed by atoms with Crippen LogP contribution < -0.4 is 5.32 Å². The number of carbonyl (C=O) groups excluding carboxylic acids is 2. The summed E-state index contributed by atoms with van der Waals surface area (Å²) in [6.07, 6.45) is 0. The molecule has 0 unspecified atom stereocenters. The van der Waals surface area contributed by atoms with Gasteiger partial charge in [-0.1, -0.05) is 53.2 Å². The lowest BCUT2D eigenvalue weighted by Crippen LogP contribution is -2.35. The fraction of sp³-hybridized carbons (Fsp3) is 0.231. The van der Waals surface area contributed by atoms with Gasteiger partial charge >= 0.3 is 0 Å². The van der Waals surface area contributed by atoms with Gasteiger partial charge in [0, 0.05) is 18.3 Å². The third-order valence-electron chi connectivity index (χ3n) is 5.67. The third kappa shape index (κ3) is 4.48. The Morgan fingerprint density at radius 2 is 1.67 bits per heavy atom. The second-order valence-electron chi connectivity index (χ2n) is 8.35. The van der Waals surface area contributed by atoms with E-state index in [2.05, 4.69) is 15.5 Å². The first-order valence-corrected chi connectivity index (χ1v) is 10.7. The summed E-state index contributed by atoms with van der Waals surface area (Å²) in [4.78, 5) is 32.1. The van der Waals surface area contributed by atoms with Crippen LogP contribution in [0, 0.1) is 27.7 Å². The van der Waals surface area contributed by atoms with E-state index in [-0.39, 0.29) is 18.4 Å². The molecule has 2 aromatic carbocycles. The van der Waals surface area contributed by atoms with Crippen LogP contribution in [0.4, 0.5) is 5.69 Å². The van der Waals surface area contributed by atoms with E-state index in [1.165, 1.54) is 4.90 Å². The largest absolute Gasteiger partial charge is 0.335 e. The minimum Gasteiger partial charge on any atom is -0.335 e. The molecule has 2 amide bonds. The Labute approximate surface area is 192 Å². The molecule has 0 aliphatic heterocycles. The van der Waals surface area contributed by atoms with Gasteiger partial charge in [0.25, 0.3) is 11.6 Å². The maximum absolute atomic E-state index is 13.4. The number of likely N-dealkylation sites (N-methyl/N-ethyl adjacent to an activating group) is 1. The quantitative estimate of drug-likeness (QED) is 0.478. The van der Waals surface area contributed by atoms with Crippen molar-refractivity contribution in [1.29, 1.82) is 0 Å². The monoisotopic (exact) mass is 442 g/mol. The number of nitrogens with zero attached hydrogens (tertiary/aromatic N) is 3. The molecule has 0 fully saturated rings. The first-order valence-electron chi connectivity index (χ1n) is 10.7. The number of pyridine rings is 1. The van der Waals surface area contributed by atoms with Crippen LogP contribution in [0.5, 0.6) is 0 Å². The molecule has 1 N–H and O–H groups in total. The van der Waals surface area contributed by atoms with E-state index in [9.17, 15) is 9.59 Å². The van der Waals surface area contributed by atoms with Gasteiger partial charge < -0.3 is 14.7 Å². The van der Waals surface area contributed by atoms with E-state index in [0.717, 1.165) is 27.9 Å². The number of rotatable bonds is 5. The Bertz CT molecular complexity index is 1340. The number of aromatic nitrogens is 2. The first-order chi connectivity index (χ1) is 15.7. The summed E-state index contributed by atoms with van der Waals surface area (Å²) in [5.74, 6) is -0.576. The molecule has 0 aliphatic rings. The van der Waals surface area contributed by atoms with Gasteiger partial charge in [-0.25, -0.2) is 4.98 Å². The Kier molecular flexibility index (Phi) is 5.96. The van der Waals surface area contributed by atoms with Gasteiger partial charge in [0.05, 0.1) is 28.9 Å². The fourth-order valence-corrected chi connectivity index (χ4v) is 3.82. The molecule has 7 nitrogen and oxygen atoms in total. The second kappa shape index (κ2) is 8.86. The number of aryl methyl sites for hydroxylation is 4. The number of hydrogen-bond donors (Lipinski definition) is 1. The van der Waals surface area contributed by atoms with Crippen LogP contribution in [0.1, 0.15) is 32.7 Å². The number of benzene rings is 2. The minimum absolute atomic E-state index is 0.0966. The molecule has 0 atom stereocenters. The molecular weight excluding hydrogens is 416 g/mol. The molecule has 4 aromatic rings. The van der Waals surface area contributed by atoms with Crippen LogP contribution >= 0.6 is 0 Å². The number of para-hydroxylation sites is 1. The van der Waals surface area contributed by atoms with Crippen molar-refractivity contribution in [1.82, 2.24) is 15.0 Å². The van der Waals surface area contributed by atoms with Gasteiger partial charge in [0.15, 0.2) is 0 Å². The Morgan fingerprint density at radius 1 is 1.00 bits per heavy atom. The van der Waals surface area contributed by atoms with Crippen molar-refractivity contribution in [2.24, 2.45) is 0 Å². The molecule has 0 saturated carbocycles. The van der Waals surface area contributed by atoms with Crippen molar-refractivity contribution in [3.63, 3.8) is 0 Å². The normalized spacial score (nSPS) is 10.9. The predicted octanol–water partition coefficient (Wildman–Crippen LogP) is 4.83. The van der Waals surface area contributed by atoms with Gasteiger partial charge in [-0.15, -0.1) is 0 Å². The third-order valence-corrected chi connectivity index (χ3v) is 5.67. The molecule has 4 rings (SSSR count). The lowest BCUT2D eigenvalue weighted by Gasteiger charge is -2.19. The Hall–Kier alpha value is -4.00. The minimum atomic E-state index is -0.307. The molecule has 2 heterocycles. The van der Waals surface area contributed by atoms with Gasteiger partial charge in [-0.05, 0) is 44.9 Å². The standard InChI is InChI=1S/C26H26N4O3/c1-15-9-11-19(12-10-15)21-13-20(23-18(4)29-33-25(23)27-21)26(32)30(5)14-22(31)28-24-16(2)7-6-8-17(24)3/h6-13H,14H2,1-5H3,(H,28,31). The summed E-state index contributed by atoms with van der Waals surface area (Å²) >= 11 is 0. The number of anilines is 1. The molecule has 7 heteroatoms. The van der Waals surface area contributed by atoms with Crippen LogP contribution in [-0.4, -0.2) is 40.4 Å². The van der Waals surface area contributed by atoms with Crippen LogP contribution in [0.25, 0.3) is 22.4 Å². The molecule has 0 saturated heterocycles. The summed E-state index contributed by atoms with van der Waals surface area (Å²) in [6.45, 7) is 7.55. The van der Waals surface area contributed by atoms with E-state index >= 15 is 0 Å². The highest BCUT2D eigenvalue weighted by atomic mass is 16.5. The van der Waals surface area contributed by atoms with Crippen molar-refractivity contribution in [2.45, 2.75) is 27.7 Å². The van der Waals surface area contributed by atoms with Gasteiger partial charge in [-0.2, -0.15) is 0 Å². The summed E-state index contributed by atoms with van der Waals surface area (Å²) in [5, 5.41) is 7.48. The molecule has 168 valence electrons. The first kappa shape index (κ1) is 22.2. The average Bonchev–Trinajstić information content (AvgIpc) is 3.16. The molecule has 0 radical (unpaired) electrons. The maximum Gasteiger partial charge on any atom is 0.259 e. The molecule has 2 aromatic heterocycles. The van der Waals surface area contributed by atoms with Gasteiger partial charge in [0.2, 0.25) is 5.91 Å². The molecule has 0 bridgehead atoms. The van der Waals surface area contributed by atoms with Gasteiger partial charge in [0.1, 0.15) is 0 Å². The van der Waals surface area contributed by atoms with E-state index < -0.39 is 0 Å². The Balaban J connectivity index is 1.63. The summed E-state index contributed by atoms with van der Waals surface area (Å²) in [5.41, 5.74) is 6.57. The van der Waals surface area contributed by atoms with E-state index in [4.69, 9.17) is 4.52 Å². The lowest BCUT2D eigenvalue weighted by molar-refractivity contribution is -0.116. The SMILES string of the molecule is Cc1ccc(-c2cc(C(=O)N(C)CC(=O)Nc3c(C)cccc3C)c3c(C)noc3n2)cc1. The highest BCUT2D eigenvalue weighted by Gasteiger charge is 2.23. The number of fused-ring (bicyclic) bond motifs is 1. The smallest absolute Gasteiger partial charge is 0.259 e. The highest BCUT2D eigenvalue weighted by Crippen LogP contribution is 2.28. The van der Waals surface area contributed by atoms with E-state index in [1.807, 2.05) is 63.2 Å². The predicted molar refractivity (Wildman–Crippen MR) is 128 cm³/mol. The van der Waals surface area contributed by atoms with Crippen LogP contribution in [0.15, 0.2) is 53.1 Å².